The van der Waals surface area contributed by atoms with Crippen LogP contribution in [0.5, 0.6) is 0 Å². The first kappa shape index (κ1) is 19.5. The molecule has 2 N–H and O–H groups in total. The molecular weight excluding hydrogens is 384 g/mol. The number of rotatable bonds is 6. The van der Waals surface area contributed by atoms with E-state index < -0.39 is 5.60 Å². The molecule has 0 saturated heterocycles. The molecule has 0 radical (unpaired) electrons. The molecule has 0 saturated carbocycles. The highest BCUT2D eigenvalue weighted by molar-refractivity contribution is 7.16. The van der Waals surface area contributed by atoms with Crippen LogP contribution in [0.4, 0.5) is 0 Å². The van der Waals surface area contributed by atoms with E-state index in [-0.39, 0.29) is 10.8 Å². The predicted octanol–water partition coefficient (Wildman–Crippen LogP) is 4.03. The highest BCUT2D eigenvalue weighted by Crippen LogP contribution is 2.27. The number of hydrogen-bond acceptors (Lipinski definition) is 5. The Balaban J connectivity index is 1.51. The summed E-state index contributed by atoms with van der Waals surface area (Å²) in [5.74, 6) is 0.860. The van der Waals surface area contributed by atoms with E-state index in [0.29, 0.717) is 6.42 Å². The minimum absolute atomic E-state index is 0.0360. The van der Waals surface area contributed by atoms with Gasteiger partial charge in [0.15, 0.2) is 5.82 Å². The highest BCUT2D eigenvalue weighted by atomic mass is 32.1. The lowest BCUT2D eigenvalue weighted by Gasteiger charge is -2.16. The normalized spacial score (nSPS) is 13.1. The van der Waals surface area contributed by atoms with Gasteiger partial charge < -0.3 is 10.1 Å². The first-order chi connectivity index (χ1) is 13.8. The van der Waals surface area contributed by atoms with E-state index in [4.69, 9.17) is 5.10 Å². The molecule has 0 amide bonds. The first-order valence-electron chi connectivity index (χ1n) is 9.64. The number of aryl methyl sites for hydroxylation is 1. The maximum atomic E-state index is 11.5. The van der Waals surface area contributed by atoms with E-state index >= 15 is 0 Å². The highest BCUT2D eigenvalue weighted by Gasteiger charge is 2.15. The van der Waals surface area contributed by atoms with Crippen LogP contribution in [0.2, 0.25) is 0 Å². The van der Waals surface area contributed by atoms with Crippen LogP contribution in [-0.4, -0.2) is 30.5 Å². The Labute approximate surface area is 172 Å². The van der Waals surface area contributed by atoms with Gasteiger partial charge in [-0.15, -0.1) is 0 Å². The quantitative estimate of drug-likeness (QED) is 0.505. The molecule has 1 atom stereocenters. The van der Waals surface area contributed by atoms with Crippen LogP contribution in [0, 0.1) is 0 Å². The van der Waals surface area contributed by atoms with Crippen molar-refractivity contribution in [2.24, 2.45) is 0 Å². The van der Waals surface area contributed by atoms with Crippen molar-refractivity contribution in [1.82, 2.24) is 19.7 Å². The molecule has 150 valence electrons. The maximum Gasteiger partial charge on any atom is 0.305 e. The van der Waals surface area contributed by atoms with Crippen LogP contribution in [0.25, 0.3) is 16.0 Å². The van der Waals surface area contributed by atoms with Crippen LogP contribution in [0.15, 0.2) is 53.6 Å². The fourth-order valence-electron chi connectivity index (χ4n) is 3.25. The summed E-state index contributed by atoms with van der Waals surface area (Å²) in [6, 6.07) is 12.0. The van der Waals surface area contributed by atoms with Gasteiger partial charge >= 0.3 is 4.87 Å². The zero-order chi connectivity index (χ0) is 20.6. The summed E-state index contributed by atoms with van der Waals surface area (Å²) in [5, 5.41) is 14.6. The molecule has 3 heterocycles. The zero-order valence-electron chi connectivity index (χ0n) is 16.7. The molecule has 7 heteroatoms. The third kappa shape index (κ3) is 4.46. The second-order valence-corrected chi connectivity index (χ2v) is 9.03. The van der Waals surface area contributed by atoms with Gasteiger partial charge in [-0.25, -0.2) is 9.67 Å². The molecule has 4 rings (SSSR count). The maximum absolute atomic E-state index is 11.5. The number of aromatic amines is 1. The second kappa shape index (κ2) is 7.57. The average Bonchev–Trinajstić information content (AvgIpc) is 3.31. The third-order valence-electron chi connectivity index (χ3n) is 5.07. The number of thiazole rings is 1. The zero-order valence-corrected chi connectivity index (χ0v) is 17.5. The molecule has 0 unspecified atom stereocenters. The van der Waals surface area contributed by atoms with Gasteiger partial charge in [0, 0.05) is 18.3 Å². The van der Waals surface area contributed by atoms with Gasteiger partial charge in [-0.05, 0) is 62.1 Å². The molecule has 29 heavy (non-hydrogen) atoms. The van der Waals surface area contributed by atoms with Gasteiger partial charge in [-0.1, -0.05) is 30.4 Å². The SMILES string of the molecule is C[C@@H](c1ccc2[nH]c(=O)sc2c1)c1ccn(-c2ccc(CCC(C)(C)O)cn2)n1. The smallest absolute Gasteiger partial charge is 0.305 e. The number of hydrogen-bond donors (Lipinski definition) is 2. The van der Waals surface area contributed by atoms with Crippen LogP contribution in [-0.2, 0) is 6.42 Å². The van der Waals surface area contributed by atoms with Gasteiger partial charge in [0.2, 0.25) is 0 Å². The number of benzene rings is 1. The minimum atomic E-state index is -0.675. The topological polar surface area (TPSA) is 83.8 Å². The second-order valence-electron chi connectivity index (χ2n) is 8.01. The van der Waals surface area contributed by atoms with E-state index in [1.165, 1.54) is 11.3 Å². The van der Waals surface area contributed by atoms with E-state index in [2.05, 4.69) is 23.0 Å². The minimum Gasteiger partial charge on any atom is -0.390 e. The van der Waals surface area contributed by atoms with Crippen molar-refractivity contribution < 1.29 is 5.11 Å². The monoisotopic (exact) mass is 408 g/mol. The van der Waals surface area contributed by atoms with Gasteiger partial charge in [-0.3, -0.25) is 4.79 Å². The molecular formula is C22H24N4O2S. The van der Waals surface area contributed by atoms with Gasteiger partial charge in [0.05, 0.1) is 21.5 Å². The van der Waals surface area contributed by atoms with Crippen molar-refractivity contribution >= 4 is 21.6 Å². The summed E-state index contributed by atoms with van der Waals surface area (Å²) in [7, 11) is 0. The number of H-pyrrole nitrogens is 1. The van der Waals surface area contributed by atoms with Gasteiger partial charge in [0.25, 0.3) is 0 Å². The average molecular weight is 409 g/mol. The third-order valence-corrected chi connectivity index (χ3v) is 5.91. The Morgan fingerprint density at radius 2 is 2.07 bits per heavy atom. The van der Waals surface area contributed by atoms with Crippen LogP contribution < -0.4 is 4.87 Å². The summed E-state index contributed by atoms with van der Waals surface area (Å²) >= 11 is 1.23. The lowest BCUT2D eigenvalue weighted by molar-refractivity contribution is 0.0714. The van der Waals surface area contributed by atoms with Gasteiger partial charge in [-0.2, -0.15) is 5.10 Å². The number of pyridine rings is 1. The summed E-state index contributed by atoms with van der Waals surface area (Å²) in [6.07, 6.45) is 5.23. The molecule has 0 aliphatic heterocycles. The van der Waals surface area contributed by atoms with Crippen molar-refractivity contribution in [3.8, 4) is 5.82 Å². The molecule has 3 aromatic heterocycles. The molecule has 0 spiro atoms. The Hall–Kier alpha value is -2.77. The lowest BCUT2D eigenvalue weighted by Crippen LogP contribution is -2.19. The molecule has 0 fully saturated rings. The summed E-state index contributed by atoms with van der Waals surface area (Å²) in [4.78, 5) is 18.9. The number of nitrogens with zero attached hydrogens (tertiary/aromatic N) is 3. The lowest BCUT2D eigenvalue weighted by atomic mass is 9.98. The Kier molecular flexibility index (Phi) is 5.10. The van der Waals surface area contributed by atoms with Crippen molar-refractivity contribution in [2.45, 2.75) is 45.1 Å². The van der Waals surface area contributed by atoms with Crippen molar-refractivity contribution in [3.05, 3.63) is 75.3 Å². The molecule has 4 aromatic rings. The van der Waals surface area contributed by atoms with E-state index in [1.54, 1.807) is 4.68 Å². The number of fused-ring (bicyclic) bond motifs is 1. The fourth-order valence-corrected chi connectivity index (χ4v) is 4.03. The molecule has 1 aromatic carbocycles. The number of aromatic nitrogens is 4. The van der Waals surface area contributed by atoms with Crippen LogP contribution in [0.1, 0.15) is 49.9 Å². The summed E-state index contributed by atoms with van der Waals surface area (Å²) < 4.78 is 2.74. The predicted molar refractivity (Wildman–Crippen MR) is 116 cm³/mol. The van der Waals surface area contributed by atoms with Crippen molar-refractivity contribution in [3.63, 3.8) is 0 Å². The molecule has 0 aliphatic rings. The number of nitrogens with one attached hydrogen (secondary N) is 1. The van der Waals surface area contributed by atoms with E-state index in [1.807, 2.05) is 56.6 Å². The van der Waals surface area contributed by atoms with E-state index in [9.17, 15) is 9.90 Å². The summed E-state index contributed by atoms with van der Waals surface area (Å²) in [5.41, 5.74) is 3.35. The Morgan fingerprint density at radius 1 is 1.24 bits per heavy atom. The molecule has 0 bridgehead atoms. The van der Waals surface area contributed by atoms with E-state index in [0.717, 1.165) is 39.3 Å². The fraction of sp³-hybridized carbons (Fsp3) is 0.318. The van der Waals surface area contributed by atoms with Crippen LogP contribution in [0.3, 0.4) is 0 Å². The first-order valence-corrected chi connectivity index (χ1v) is 10.5. The summed E-state index contributed by atoms with van der Waals surface area (Å²) in [6.45, 7) is 5.74. The standard InChI is InChI=1S/C22H24N4O2S/c1-14(16-5-6-18-19(12-16)29-21(27)24-18)17-9-11-26(25-17)20-7-4-15(13-23-20)8-10-22(2,3)28/h4-7,9,11-14,28H,8,10H2,1-3H3,(H,24,27)/t14-/m0/s1. The molecule has 0 aliphatic carbocycles. The van der Waals surface area contributed by atoms with Gasteiger partial charge in [0.1, 0.15) is 0 Å². The van der Waals surface area contributed by atoms with Crippen LogP contribution >= 0.6 is 11.3 Å². The largest absolute Gasteiger partial charge is 0.390 e. The van der Waals surface area contributed by atoms with Crippen molar-refractivity contribution in [2.75, 3.05) is 0 Å². The van der Waals surface area contributed by atoms with Crippen molar-refractivity contribution in [1.29, 1.82) is 0 Å². The Morgan fingerprint density at radius 3 is 2.79 bits per heavy atom. The number of aliphatic hydroxyl groups is 1. The Bertz CT molecular complexity index is 1180. The molecule has 6 nitrogen and oxygen atoms in total.